The fourth-order valence-corrected chi connectivity index (χ4v) is 3.89. The van der Waals surface area contributed by atoms with E-state index in [9.17, 15) is 4.79 Å². The van der Waals surface area contributed by atoms with Crippen molar-refractivity contribution in [2.45, 2.75) is 20.0 Å². The van der Waals surface area contributed by atoms with Crippen molar-refractivity contribution in [3.05, 3.63) is 70.2 Å². The lowest BCUT2D eigenvalue weighted by Gasteiger charge is -2.17. The van der Waals surface area contributed by atoms with E-state index in [1.807, 2.05) is 43.3 Å². The molecule has 1 aliphatic rings. The van der Waals surface area contributed by atoms with E-state index in [1.54, 1.807) is 11.3 Å². The van der Waals surface area contributed by atoms with Gasteiger partial charge in [-0.2, -0.15) is 0 Å². The molecule has 4 rings (SSSR count). The number of hydrogen-bond donors (Lipinski definition) is 1. The van der Waals surface area contributed by atoms with E-state index in [-0.39, 0.29) is 5.91 Å². The number of ether oxygens (including phenoxy) is 1. The number of nitrogens with zero attached hydrogens (tertiary/aromatic N) is 1. The van der Waals surface area contributed by atoms with Crippen LogP contribution in [0.4, 0.5) is 0 Å². The fraction of sp³-hybridized carbons (Fsp3) is 0.200. The predicted octanol–water partition coefficient (Wildman–Crippen LogP) is 3.98. The average Bonchev–Trinajstić information content (AvgIpc) is 3.02. The number of aryl methyl sites for hydroxylation is 1. The summed E-state index contributed by atoms with van der Waals surface area (Å²) < 4.78 is 5.96. The third-order valence-corrected chi connectivity index (χ3v) is 5.46. The van der Waals surface area contributed by atoms with Crippen molar-refractivity contribution in [1.82, 2.24) is 10.3 Å². The maximum Gasteiger partial charge on any atom is 0.251 e. The highest BCUT2D eigenvalue weighted by Crippen LogP contribution is 2.29. The highest BCUT2D eigenvalue weighted by atomic mass is 32.1. The molecule has 0 radical (unpaired) electrons. The van der Waals surface area contributed by atoms with Gasteiger partial charge in [-0.25, -0.2) is 4.98 Å². The van der Waals surface area contributed by atoms with E-state index in [2.05, 4.69) is 22.4 Å². The zero-order chi connectivity index (χ0) is 17.2. The Bertz CT molecular complexity index is 919. The van der Waals surface area contributed by atoms with Crippen molar-refractivity contribution in [3.63, 3.8) is 0 Å². The van der Waals surface area contributed by atoms with Crippen LogP contribution in [0, 0.1) is 6.92 Å². The highest BCUT2D eigenvalue weighted by molar-refractivity contribution is 7.15. The molecule has 5 heteroatoms. The van der Waals surface area contributed by atoms with Crippen LogP contribution in [0.3, 0.4) is 0 Å². The molecule has 0 aliphatic carbocycles. The monoisotopic (exact) mass is 350 g/mol. The maximum absolute atomic E-state index is 11.8. The molecule has 4 nitrogen and oxygen atoms in total. The molecule has 2 heterocycles. The molecule has 3 aromatic rings. The summed E-state index contributed by atoms with van der Waals surface area (Å²) in [6.07, 6.45) is 0.843. The van der Waals surface area contributed by atoms with E-state index in [1.165, 1.54) is 0 Å². The van der Waals surface area contributed by atoms with Gasteiger partial charge in [-0.05, 0) is 37.1 Å². The van der Waals surface area contributed by atoms with Crippen LogP contribution in [0.25, 0.3) is 10.6 Å². The van der Waals surface area contributed by atoms with E-state index >= 15 is 0 Å². The minimum Gasteiger partial charge on any atom is -0.488 e. The molecule has 0 fully saturated rings. The Morgan fingerprint density at radius 2 is 2.04 bits per heavy atom. The summed E-state index contributed by atoms with van der Waals surface area (Å²) in [6.45, 7) is 3.18. The van der Waals surface area contributed by atoms with Gasteiger partial charge < -0.3 is 10.1 Å². The molecule has 0 bridgehead atoms. The quantitative estimate of drug-likeness (QED) is 0.774. The largest absolute Gasteiger partial charge is 0.488 e. The molecule has 1 aromatic heterocycles. The lowest BCUT2D eigenvalue weighted by Crippen LogP contribution is -2.31. The molecular formula is C20H18N2O2S. The summed E-state index contributed by atoms with van der Waals surface area (Å²) >= 11 is 1.66. The number of nitrogens with one attached hydrogen (secondary N) is 1. The first-order valence-electron chi connectivity index (χ1n) is 8.26. The zero-order valence-electron chi connectivity index (χ0n) is 13.9. The predicted molar refractivity (Wildman–Crippen MR) is 99.1 cm³/mol. The van der Waals surface area contributed by atoms with Gasteiger partial charge in [-0.1, -0.05) is 30.3 Å². The van der Waals surface area contributed by atoms with Crippen LogP contribution in [-0.4, -0.2) is 17.4 Å². The molecule has 1 N–H and O–H groups in total. The molecule has 25 heavy (non-hydrogen) atoms. The van der Waals surface area contributed by atoms with Crippen LogP contribution in [-0.2, 0) is 13.0 Å². The van der Waals surface area contributed by atoms with Crippen LogP contribution in [0.15, 0.2) is 48.5 Å². The summed E-state index contributed by atoms with van der Waals surface area (Å²) in [5.74, 6) is 0.793. The molecule has 0 unspecified atom stereocenters. The normalized spacial score (nSPS) is 13.2. The first kappa shape index (κ1) is 15.8. The Labute approximate surface area is 150 Å². The number of thiazole rings is 1. The number of rotatable bonds is 4. The van der Waals surface area contributed by atoms with Crippen LogP contribution in [0.5, 0.6) is 5.75 Å². The Morgan fingerprint density at radius 1 is 1.20 bits per heavy atom. The molecule has 2 aromatic carbocycles. The van der Waals surface area contributed by atoms with Gasteiger partial charge in [-0.15, -0.1) is 11.3 Å². The number of carbonyl (C=O) groups is 1. The SMILES string of the molecule is Cc1nc(-c2ccccc2)sc1COc1ccc2c(c1)CCNC2=O. The van der Waals surface area contributed by atoms with Crippen LogP contribution >= 0.6 is 11.3 Å². The molecule has 0 atom stereocenters. The minimum absolute atomic E-state index is 0.00129. The summed E-state index contributed by atoms with van der Waals surface area (Å²) in [6, 6.07) is 15.9. The molecule has 0 saturated carbocycles. The maximum atomic E-state index is 11.8. The highest BCUT2D eigenvalue weighted by Gasteiger charge is 2.17. The standard InChI is InChI=1S/C20H18N2O2S/c1-13-18(25-20(22-13)14-5-3-2-4-6-14)12-24-16-7-8-17-15(11-16)9-10-21-19(17)23/h2-8,11H,9-10,12H2,1H3,(H,21,23). The van der Waals surface area contributed by atoms with E-state index in [0.717, 1.165) is 44.4 Å². The van der Waals surface area contributed by atoms with Crippen molar-refractivity contribution in [1.29, 1.82) is 0 Å². The van der Waals surface area contributed by atoms with Crippen molar-refractivity contribution in [2.75, 3.05) is 6.54 Å². The zero-order valence-corrected chi connectivity index (χ0v) is 14.7. The van der Waals surface area contributed by atoms with Gasteiger partial charge in [0.15, 0.2) is 0 Å². The second-order valence-electron chi connectivity index (χ2n) is 6.01. The van der Waals surface area contributed by atoms with Gasteiger partial charge in [0.1, 0.15) is 17.4 Å². The number of aromatic nitrogens is 1. The fourth-order valence-electron chi connectivity index (χ4n) is 2.91. The third-order valence-electron chi connectivity index (χ3n) is 4.28. The van der Waals surface area contributed by atoms with Gasteiger partial charge in [0.05, 0.1) is 10.6 Å². The van der Waals surface area contributed by atoms with Crippen LogP contribution in [0.1, 0.15) is 26.5 Å². The Hall–Kier alpha value is -2.66. The lowest BCUT2D eigenvalue weighted by atomic mass is 10.0. The summed E-state index contributed by atoms with van der Waals surface area (Å²) in [4.78, 5) is 17.6. The van der Waals surface area contributed by atoms with Crippen LogP contribution in [0.2, 0.25) is 0 Å². The first-order chi connectivity index (χ1) is 12.2. The van der Waals surface area contributed by atoms with E-state index in [4.69, 9.17) is 4.74 Å². The molecule has 0 spiro atoms. The van der Waals surface area contributed by atoms with Gasteiger partial charge in [0, 0.05) is 17.7 Å². The van der Waals surface area contributed by atoms with Gasteiger partial charge >= 0.3 is 0 Å². The lowest BCUT2D eigenvalue weighted by molar-refractivity contribution is 0.0946. The number of carbonyl (C=O) groups excluding carboxylic acids is 1. The second kappa shape index (κ2) is 6.69. The molecule has 1 aliphatic heterocycles. The van der Waals surface area contributed by atoms with E-state index in [0.29, 0.717) is 13.2 Å². The Balaban J connectivity index is 1.50. The summed E-state index contributed by atoms with van der Waals surface area (Å²) in [5, 5.41) is 3.87. The summed E-state index contributed by atoms with van der Waals surface area (Å²) in [7, 11) is 0. The molecular weight excluding hydrogens is 332 g/mol. The smallest absolute Gasteiger partial charge is 0.251 e. The van der Waals surface area contributed by atoms with Crippen LogP contribution < -0.4 is 10.1 Å². The van der Waals surface area contributed by atoms with Crippen molar-refractivity contribution in [2.24, 2.45) is 0 Å². The number of hydrogen-bond acceptors (Lipinski definition) is 4. The topological polar surface area (TPSA) is 51.2 Å². The number of amides is 1. The minimum atomic E-state index is -0.00129. The second-order valence-corrected chi connectivity index (χ2v) is 7.09. The van der Waals surface area contributed by atoms with Crippen molar-refractivity contribution < 1.29 is 9.53 Å². The molecule has 126 valence electrons. The van der Waals surface area contributed by atoms with Gasteiger partial charge in [-0.3, -0.25) is 4.79 Å². The Kier molecular flexibility index (Phi) is 4.24. The Morgan fingerprint density at radius 3 is 2.88 bits per heavy atom. The number of fused-ring (bicyclic) bond motifs is 1. The number of benzene rings is 2. The van der Waals surface area contributed by atoms with Gasteiger partial charge in [0.25, 0.3) is 5.91 Å². The molecule has 0 saturated heterocycles. The molecule has 1 amide bonds. The van der Waals surface area contributed by atoms with Crippen molar-refractivity contribution in [3.8, 4) is 16.3 Å². The van der Waals surface area contributed by atoms with Gasteiger partial charge in [0.2, 0.25) is 0 Å². The first-order valence-corrected chi connectivity index (χ1v) is 9.08. The third kappa shape index (κ3) is 3.28. The summed E-state index contributed by atoms with van der Waals surface area (Å²) in [5.41, 5.74) is 3.93. The van der Waals surface area contributed by atoms with E-state index < -0.39 is 0 Å². The van der Waals surface area contributed by atoms with Crippen molar-refractivity contribution >= 4 is 17.2 Å². The average molecular weight is 350 g/mol.